The van der Waals surface area contributed by atoms with E-state index < -0.39 is 0 Å². The van der Waals surface area contributed by atoms with Crippen molar-refractivity contribution in [2.45, 2.75) is 18.1 Å². The van der Waals surface area contributed by atoms with Gasteiger partial charge >= 0.3 is 0 Å². The van der Waals surface area contributed by atoms with Gasteiger partial charge in [0.15, 0.2) is 5.16 Å². The van der Waals surface area contributed by atoms with Crippen LogP contribution in [0.2, 0.25) is 0 Å². The maximum atomic E-state index is 12.4. The number of carbonyl (C=O) groups is 1. The van der Waals surface area contributed by atoms with Gasteiger partial charge in [0.25, 0.3) is 0 Å². The minimum atomic E-state index is -0.0870. The zero-order chi connectivity index (χ0) is 21.6. The maximum absolute atomic E-state index is 12.4. The highest BCUT2D eigenvalue weighted by molar-refractivity contribution is 9.10. The molecule has 5 nitrogen and oxygen atoms in total. The molecule has 1 N–H and O–H groups in total. The summed E-state index contributed by atoms with van der Waals surface area (Å²) in [5.74, 6) is 1.02. The molecule has 0 spiro atoms. The number of halogens is 1. The summed E-state index contributed by atoms with van der Waals surface area (Å²) < 4.78 is 2.99. The Balaban J connectivity index is 1.48. The van der Waals surface area contributed by atoms with Crippen LogP contribution >= 0.6 is 27.7 Å². The third-order valence-electron chi connectivity index (χ3n) is 4.79. The number of benzene rings is 3. The molecule has 0 atom stereocenters. The predicted molar refractivity (Wildman–Crippen MR) is 130 cm³/mol. The largest absolute Gasteiger partial charge is 0.325 e. The van der Waals surface area contributed by atoms with Crippen LogP contribution in [0.15, 0.2) is 89.0 Å². The van der Waals surface area contributed by atoms with Crippen LogP contribution in [0.1, 0.15) is 11.4 Å². The van der Waals surface area contributed by atoms with Crippen LogP contribution in [-0.4, -0.2) is 26.4 Å². The molecule has 0 bridgehead atoms. The number of amides is 1. The third-order valence-corrected chi connectivity index (χ3v) is 6.29. The Morgan fingerprint density at radius 1 is 1.06 bits per heavy atom. The van der Waals surface area contributed by atoms with Crippen molar-refractivity contribution < 1.29 is 4.79 Å². The Morgan fingerprint density at radius 2 is 1.84 bits per heavy atom. The lowest BCUT2D eigenvalue weighted by molar-refractivity contribution is -0.113. The Labute approximate surface area is 193 Å². The number of hydrogen-bond donors (Lipinski definition) is 1. The van der Waals surface area contributed by atoms with Crippen LogP contribution in [0, 0.1) is 0 Å². The Morgan fingerprint density at radius 3 is 2.65 bits per heavy atom. The van der Waals surface area contributed by atoms with Crippen molar-refractivity contribution in [3.8, 4) is 0 Å². The molecule has 0 aliphatic rings. The van der Waals surface area contributed by atoms with Crippen molar-refractivity contribution in [3.05, 3.63) is 95.2 Å². The molecule has 0 saturated carbocycles. The summed E-state index contributed by atoms with van der Waals surface area (Å²) in [5, 5.41) is 14.8. The van der Waals surface area contributed by atoms with E-state index in [1.54, 1.807) is 0 Å². The third kappa shape index (κ3) is 5.24. The summed E-state index contributed by atoms with van der Waals surface area (Å²) in [7, 11) is 0. The van der Waals surface area contributed by atoms with Crippen LogP contribution in [-0.2, 0) is 17.8 Å². The van der Waals surface area contributed by atoms with Crippen molar-refractivity contribution >= 4 is 50.1 Å². The lowest BCUT2D eigenvalue weighted by atomic mass is 10.0. The summed E-state index contributed by atoms with van der Waals surface area (Å²) >= 11 is 4.76. The molecule has 0 aliphatic heterocycles. The number of carbonyl (C=O) groups excluding carboxylic acids is 1. The lowest BCUT2D eigenvalue weighted by Gasteiger charge is -2.10. The molecule has 3 aromatic carbocycles. The predicted octanol–water partition coefficient (Wildman–Crippen LogP) is 5.70. The number of nitrogens with zero attached hydrogens (tertiary/aromatic N) is 3. The molecular weight excluding hydrogens is 472 g/mol. The number of hydrogen-bond acceptors (Lipinski definition) is 4. The molecule has 1 heterocycles. The first kappa shape index (κ1) is 21.3. The first-order valence-corrected chi connectivity index (χ1v) is 11.6. The van der Waals surface area contributed by atoms with Gasteiger partial charge < -0.3 is 9.88 Å². The number of thioether (sulfide) groups is 1. The Hall–Kier alpha value is -2.90. The van der Waals surface area contributed by atoms with E-state index in [0.717, 1.165) is 16.0 Å². The molecule has 156 valence electrons. The number of nitrogens with one attached hydrogen (secondary N) is 1. The molecule has 4 rings (SSSR count). The van der Waals surface area contributed by atoms with Gasteiger partial charge in [-0.05, 0) is 40.6 Å². The molecule has 7 heteroatoms. The van der Waals surface area contributed by atoms with Crippen LogP contribution < -0.4 is 5.32 Å². The molecule has 31 heavy (non-hydrogen) atoms. The van der Waals surface area contributed by atoms with Gasteiger partial charge in [0.05, 0.1) is 5.75 Å². The van der Waals surface area contributed by atoms with Crippen molar-refractivity contribution in [1.82, 2.24) is 14.8 Å². The van der Waals surface area contributed by atoms with E-state index in [2.05, 4.69) is 68.4 Å². The SMILES string of the molecule is C=CCn1c(Cc2cccc3ccccc23)nnc1SCC(=O)Nc1ccc(Br)cc1. The Kier molecular flexibility index (Phi) is 6.84. The zero-order valence-corrected chi connectivity index (χ0v) is 19.2. The second-order valence-electron chi connectivity index (χ2n) is 6.96. The summed E-state index contributed by atoms with van der Waals surface area (Å²) in [6, 6.07) is 22.1. The number of rotatable bonds is 8. The maximum Gasteiger partial charge on any atom is 0.234 e. The fourth-order valence-corrected chi connectivity index (χ4v) is 4.38. The summed E-state index contributed by atoms with van der Waals surface area (Å²) in [6.45, 7) is 4.45. The topological polar surface area (TPSA) is 59.8 Å². The number of fused-ring (bicyclic) bond motifs is 1. The second-order valence-corrected chi connectivity index (χ2v) is 8.82. The first-order valence-electron chi connectivity index (χ1n) is 9.82. The average Bonchev–Trinajstić information content (AvgIpc) is 3.16. The van der Waals surface area contributed by atoms with E-state index in [-0.39, 0.29) is 11.7 Å². The van der Waals surface area contributed by atoms with Crippen molar-refractivity contribution in [2.24, 2.45) is 0 Å². The minimum Gasteiger partial charge on any atom is -0.325 e. The average molecular weight is 493 g/mol. The van der Waals surface area contributed by atoms with E-state index in [9.17, 15) is 4.79 Å². The van der Waals surface area contributed by atoms with Gasteiger partial charge in [0.2, 0.25) is 5.91 Å². The Bertz CT molecular complexity index is 1210. The number of anilines is 1. The van der Waals surface area contributed by atoms with Crippen molar-refractivity contribution in [2.75, 3.05) is 11.1 Å². The molecule has 0 fully saturated rings. The van der Waals surface area contributed by atoms with Crippen LogP contribution in [0.25, 0.3) is 10.8 Å². The summed E-state index contributed by atoms with van der Waals surface area (Å²) in [5.41, 5.74) is 1.96. The van der Waals surface area contributed by atoms with E-state index in [1.165, 1.54) is 28.1 Å². The van der Waals surface area contributed by atoms with Crippen molar-refractivity contribution in [1.29, 1.82) is 0 Å². The van der Waals surface area contributed by atoms with Gasteiger partial charge in [-0.2, -0.15) is 0 Å². The second kappa shape index (κ2) is 9.94. The molecular formula is C24H21BrN4OS. The standard InChI is InChI=1S/C24H21BrN4OS/c1-2-14-29-22(15-18-8-5-7-17-6-3-4-9-21(17)18)27-28-24(29)31-16-23(30)26-20-12-10-19(25)11-13-20/h2-13H,1,14-16H2,(H,26,30). The fourth-order valence-electron chi connectivity index (χ4n) is 3.35. The van der Waals surface area contributed by atoms with Gasteiger partial charge in [-0.3, -0.25) is 4.79 Å². The van der Waals surface area contributed by atoms with Gasteiger partial charge in [0, 0.05) is 23.1 Å². The molecule has 1 aromatic heterocycles. The highest BCUT2D eigenvalue weighted by Crippen LogP contribution is 2.24. The number of aromatic nitrogens is 3. The van der Waals surface area contributed by atoms with Crippen LogP contribution in [0.4, 0.5) is 5.69 Å². The highest BCUT2D eigenvalue weighted by Gasteiger charge is 2.15. The van der Waals surface area contributed by atoms with Gasteiger partial charge in [0.1, 0.15) is 5.82 Å². The fraction of sp³-hybridized carbons (Fsp3) is 0.125. The highest BCUT2D eigenvalue weighted by atomic mass is 79.9. The summed E-state index contributed by atoms with van der Waals surface area (Å²) in [4.78, 5) is 12.4. The smallest absolute Gasteiger partial charge is 0.234 e. The van der Waals surface area contributed by atoms with Gasteiger partial charge in [-0.1, -0.05) is 76.2 Å². The minimum absolute atomic E-state index is 0.0870. The lowest BCUT2D eigenvalue weighted by Crippen LogP contribution is -2.14. The van der Waals surface area contributed by atoms with E-state index in [0.29, 0.717) is 18.1 Å². The van der Waals surface area contributed by atoms with Crippen molar-refractivity contribution in [3.63, 3.8) is 0 Å². The van der Waals surface area contributed by atoms with E-state index in [1.807, 2.05) is 47.0 Å². The quantitative estimate of drug-likeness (QED) is 0.253. The van der Waals surface area contributed by atoms with Crippen LogP contribution in [0.5, 0.6) is 0 Å². The molecule has 0 unspecified atom stereocenters. The zero-order valence-electron chi connectivity index (χ0n) is 16.8. The number of allylic oxidation sites excluding steroid dienone is 1. The molecule has 1 amide bonds. The van der Waals surface area contributed by atoms with Gasteiger partial charge in [-0.25, -0.2) is 0 Å². The van der Waals surface area contributed by atoms with Crippen LogP contribution in [0.3, 0.4) is 0 Å². The molecule has 0 saturated heterocycles. The normalized spacial score (nSPS) is 10.9. The monoisotopic (exact) mass is 492 g/mol. The molecule has 0 radical (unpaired) electrons. The first-order chi connectivity index (χ1) is 15.1. The van der Waals surface area contributed by atoms with E-state index >= 15 is 0 Å². The molecule has 0 aliphatic carbocycles. The van der Waals surface area contributed by atoms with Gasteiger partial charge in [-0.15, -0.1) is 16.8 Å². The molecule has 4 aromatic rings. The van der Waals surface area contributed by atoms with E-state index in [4.69, 9.17) is 0 Å². The summed E-state index contributed by atoms with van der Waals surface area (Å²) in [6.07, 6.45) is 2.48.